The summed E-state index contributed by atoms with van der Waals surface area (Å²) in [6, 6.07) is 1.96. The van der Waals surface area contributed by atoms with Crippen molar-refractivity contribution in [2.45, 2.75) is 39.7 Å². The molecular formula is C15H19N3O. The van der Waals surface area contributed by atoms with Gasteiger partial charge in [0.15, 0.2) is 11.6 Å². The lowest BCUT2D eigenvalue weighted by Crippen LogP contribution is -2.30. The van der Waals surface area contributed by atoms with Crippen LogP contribution in [0.5, 0.6) is 0 Å². The van der Waals surface area contributed by atoms with Gasteiger partial charge >= 0.3 is 0 Å². The Labute approximate surface area is 113 Å². The topological polar surface area (TPSA) is 64.9 Å². The van der Waals surface area contributed by atoms with E-state index >= 15 is 0 Å². The molecular weight excluding hydrogens is 238 g/mol. The van der Waals surface area contributed by atoms with Crippen molar-refractivity contribution in [2.75, 3.05) is 0 Å². The Morgan fingerprint density at radius 2 is 2.21 bits per heavy atom. The average molecular weight is 257 g/mol. The number of aromatic nitrogens is 2. The van der Waals surface area contributed by atoms with Gasteiger partial charge in [-0.15, -0.1) is 0 Å². The first-order valence-electron chi connectivity index (χ1n) is 6.62. The molecule has 0 spiro atoms. The molecule has 0 bridgehead atoms. The molecule has 2 N–H and O–H groups in total. The minimum absolute atomic E-state index is 0.0329. The van der Waals surface area contributed by atoms with E-state index in [1.54, 1.807) is 6.26 Å². The number of furan rings is 1. The largest absolute Gasteiger partial charge is 0.461 e. The van der Waals surface area contributed by atoms with E-state index < -0.39 is 0 Å². The van der Waals surface area contributed by atoms with Crippen LogP contribution in [0.15, 0.2) is 22.9 Å². The van der Waals surface area contributed by atoms with E-state index in [0.717, 1.165) is 35.4 Å². The summed E-state index contributed by atoms with van der Waals surface area (Å²) < 4.78 is 5.46. The lowest BCUT2D eigenvalue weighted by atomic mass is 9.74. The monoisotopic (exact) mass is 257 g/mol. The Bertz CT molecular complexity index is 616. The minimum Gasteiger partial charge on any atom is -0.461 e. The van der Waals surface area contributed by atoms with Crippen molar-refractivity contribution in [3.05, 3.63) is 35.3 Å². The molecule has 1 aliphatic rings. The van der Waals surface area contributed by atoms with Crippen molar-refractivity contribution in [1.82, 2.24) is 9.97 Å². The molecule has 0 saturated carbocycles. The molecule has 2 aromatic heterocycles. The molecule has 3 rings (SSSR count). The normalized spacial score (nSPS) is 21.2. The van der Waals surface area contributed by atoms with Gasteiger partial charge < -0.3 is 10.2 Å². The molecule has 19 heavy (non-hydrogen) atoms. The summed E-state index contributed by atoms with van der Waals surface area (Å²) in [6.07, 6.45) is 5.44. The van der Waals surface area contributed by atoms with Gasteiger partial charge in [-0.3, -0.25) is 0 Å². The lowest BCUT2D eigenvalue weighted by Gasteiger charge is -2.34. The molecule has 4 heteroatoms. The molecule has 0 saturated heterocycles. The second kappa shape index (κ2) is 4.17. The number of nitrogens with zero attached hydrogens (tertiary/aromatic N) is 2. The summed E-state index contributed by atoms with van der Waals surface area (Å²) in [5.74, 6) is 1.41. The molecule has 0 aliphatic heterocycles. The van der Waals surface area contributed by atoms with Crippen molar-refractivity contribution in [2.24, 2.45) is 11.1 Å². The van der Waals surface area contributed by atoms with Crippen LogP contribution in [-0.4, -0.2) is 9.97 Å². The maximum Gasteiger partial charge on any atom is 0.196 e. The molecule has 1 atom stereocenters. The molecule has 0 amide bonds. The number of hydrogen-bond donors (Lipinski definition) is 1. The molecule has 4 nitrogen and oxygen atoms in total. The smallest absolute Gasteiger partial charge is 0.196 e. The summed E-state index contributed by atoms with van der Waals surface area (Å²) in [6.45, 7) is 6.46. The average Bonchev–Trinajstić information content (AvgIpc) is 2.73. The fraction of sp³-hybridized carbons (Fsp3) is 0.467. The SMILES string of the molecule is Cc1ccoc1-c1ncc2c(n1)CC(C)(C)CC2N. The Hall–Kier alpha value is -1.68. The van der Waals surface area contributed by atoms with Gasteiger partial charge in [0, 0.05) is 23.5 Å². The molecule has 2 aromatic rings. The van der Waals surface area contributed by atoms with Crippen molar-refractivity contribution in [3.63, 3.8) is 0 Å². The number of hydrogen-bond acceptors (Lipinski definition) is 4. The summed E-state index contributed by atoms with van der Waals surface area (Å²) in [5.41, 5.74) is 9.60. The third-order valence-corrected chi connectivity index (χ3v) is 3.78. The minimum atomic E-state index is 0.0329. The van der Waals surface area contributed by atoms with Gasteiger partial charge in [-0.25, -0.2) is 9.97 Å². The lowest BCUT2D eigenvalue weighted by molar-refractivity contribution is 0.278. The summed E-state index contributed by atoms with van der Waals surface area (Å²) in [5, 5.41) is 0. The van der Waals surface area contributed by atoms with Gasteiger partial charge in [0.1, 0.15) is 0 Å². The number of fused-ring (bicyclic) bond motifs is 1. The molecule has 2 heterocycles. The van der Waals surface area contributed by atoms with E-state index in [2.05, 4.69) is 23.8 Å². The van der Waals surface area contributed by atoms with Crippen LogP contribution in [0.25, 0.3) is 11.6 Å². The van der Waals surface area contributed by atoms with Crippen molar-refractivity contribution >= 4 is 0 Å². The van der Waals surface area contributed by atoms with Gasteiger partial charge in [0.25, 0.3) is 0 Å². The standard InChI is InChI=1S/C15H19N3O/c1-9-4-5-19-13(9)14-17-8-10-11(16)6-15(2,3)7-12(10)18-14/h4-5,8,11H,6-7,16H2,1-3H3. The fourth-order valence-corrected chi connectivity index (χ4v) is 2.82. The Morgan fingerprint density at radius 1 is 1.42 bits per heavy atom. The second-order valence-electron chi connectivity index (χ2n) is 6.18. The molecule has 1 aliphatic carbocycles. The maximum atomic E-state index is 6.22. The highest BCUT2D eigenvalue weighted by atomic mass is 16.3. The van der Waals surface area contributed by atoms with E-state index in [1.165, 1.54) is 0 Å². The zero-order chi connectivity index (χ0) is 13.6. The van der Waals surface area contributed by atoms with Gasteiger partial charge in [-0.05, 0) is 36.8 Å². The van der Waals surface area contributed by atoms with Crippen LogP contribution in [0.2, 0.25) is 0 Å². The molecule has 100 valence electrons. The van der Waals surface area contributed by atoms with Crippen LogP contribution in [0.1, 0.15) is 43.1 Å². The fourth-order valence-electron chi connectivity index (χ4n) is 2.82. The first kappa shape index (κ1) is 12.4. The number of rotatable bonds is 1. The van der Waals surface area contributed by atoms with E-state index in [9.17, 15) is 0 Å². The van der Waals surface area contributed by atoms with Crippen molar-refractivity contribution in [3.8, 4) is 11.6 Å². The van der Waals surface area contributed by atoms with Gasteiger partial charge in [0.2, 0.25) is 0 Å². The van der Waals surface area contributed by atoms with E-state index in [0.29, 0.717) is 5.82 Å². The first-order chi connectivity index (χ1) is 8.96. The van der Waals surface area contributed by atoms with Crippen LogP contribution in [0.3, 0.4) is 0 Å². The highest BCUT2D eigenvalue weighted by molar-refractivity contribution is 5.52. The zero-order valence-corrected chi connectivity index (χ0v) is 11.6. The number of nitrogens with two attached hydrogens (primary N) is 1. The van der Waals surface area contributed by atoms with Crippen molar-refractivity contribution < 1.29 is 4.42 Å². The van der Waals surface area contributed by atoms with Crippen LogP contribution in [0.4, 0.5) is 0 Å². The van der Waals surface area contributed by atoms with Gasteiger partial charge in [-0.1, -0.05) is 13.8 Å². The predicted molar refractivity (Wildman–Crippen MR) is 73.5 cm³/mol. The highest BCUT2D eigenvalue weighted by Gasteiger charge is 2.32. The molecule has 0 fully saturated rings. The molecule has 0 radical (unpaired) electrons. The first-order valence-corrected chi connectivity index (χ1v) is 6.62. The predicted octanol–water partition coefficient (Wildman–Crippen LogP) is 3.02. The third-order valence-electron chi connectivity index (χ3n) is 3.78. The van der Waals surface area contributed by atoms with Crippen LogP contribution in [0, 0.1) is 12.3 Å². The summed E-state index contributed by atoms with van der Waals surface area (Å²) in [4.78, 5) is 9.09. The Kier molecular flexibility index (Phi) is 2.71. The van der Waals surface area contributed by atoms with Crippen LogP contribution >= 0.6 is 0 Å². The van der Waals surface area contributed by atoms with Crippen LogP contribution in [-0.2, 0) is 6.42 Å². The van der Waals surface area contributed by atoms with Crippen LogP contribution < -0.4 is 5.73 Å². The number of aryl methyl sites for hydroxylation is 1. The van der Waals surface area contributed by atoms with Gasteiger partial charge in [0.05, 0.1) is 6.26 Å². The van der Waals surface area contributed by atoms with E-state index in [4.69, 9.17) is 10.2 Å². The Balaban J connectivity index is 2.07. The molecule has 0 aromatic carbocycles. The Morgan fingerprint density at radius 3 is 2.89 bits per heavy atom. The highest BCUT2D eigenvalue weighted by Crippen LogP contribution is 2.39. The second-order valence-corrected chi connectivity index (χ2v) is 6.18. The molecule has 1 unspecified atom stereocenters. The quantitative estimate of drug-likeness (QED) is 0.852. The van der Waals surface area contributed by atoms with E-state index in [-0.39, 0.29) is 11.5 Å². The summed E-state index contributed by atoms with van der Waals surface area (Å²) >= 11 is 0. The third kappa shape index (κ3) is 2.16. The van der Waals surface area contributed by atoms with Gasteiger partial charge in [-0.2, -0.15) is 0 Å². The van der Waals surface area contributed by atoms with E-state index in [1.807, 2.05) is 19.2 Å². The van der Waals surface area contributed by atoms with Crippen molar-refractivity contribution in [1.29, 1.82) is 0 Å². The zero-order valence-electron chi connectivity index (χ0n) is 11.6. The maximum absolute atomic E-state index is 6.22. The summed E-state index contributed by atoms with van der Waals surface area (Å²) in [7, 11) is 0.